The quantitative estimate of drug-likeness (QED) is 0.642. The highest BCUT2D eigenvalue weighted by Crippen LogP contribution is 2.20. The second-order valence-corrected chi connectivity index (χ2v) is 3.70. The molecule has 0 aromatic heterocycles. The predicted octanol–water partition coefficient (Wildman–Crippen LogP) is 1.74. The molecule has 0 aliphatic carbocycles. The van der Waals surface area contributed by atoms with E-state index in [0.29, 0.717) is 11.1 Å². The number of hydrogen-bond donors (Lipinski definition) is 2. The summed E-state index contributed by atoms with van der Waals surface area (Å²) in [6.45, 7) is 0.400. The molecule has 1 aromatic rings. The number of benzene rings is 1. The van der Waals surface area contributed by atoms with Gasteiger partial charge in [0, 0.05) is 7.11 Å². The fourth-order valence-corrected chi connectivity index (χ4v) is 1.38. The van der Waals surface area contributed by atoms with Crippen LogP contribution in [0, 0.1) is 5.82 Å². The first-order valence-corrected chi connectivity index (χ1v) is 4.88. The Morgan fingerprint density at radius 3 is 2.86 bits per heavy atom. The summed E-state index contributed by atoms with van der Waals surface area (Å²) in [6, 6.07) is 4.66. The molecule has 1 aromatic carbocycles. The second kappa shape index (κ2) is 5.41. The van der Waals surface area contributed by atoms with Crippen LogP contribution in [0.5, 0.6) is 0 Å². The molecule has 0 radical (unpaired) electrons. The van der Waals surface area contributed by atoms with Gasteiger partial charge in [0.1, 0.15) is 5.82 Å². The van der Waals surface area contributed by atoms with Crippen molar-refractivity contribution in [2.24, 2.45) is 5.84 Å². The van der Waals surface area contributed by atoms with Gasteiger partial charge in [0.05, 0.1) is 17.1 Å². The molecule has 3 nitrogen and oxygen atoms in total. The topological polar surface area (TPSA) is 47.3 Å². The van der Waals surface area contributed by atoms with Crippen LogP contribution >= 0.6 is 15.9 Å². The van der Waals surface area contributed by atoms with E-state index in [2.05, 4.69) is 21.4 Å². The van der Waals surface area contributed by atoms with Gasteiger partial charge in [0.15, 0.2) is 0 Å². The normalized spacial score (nSPS) is 12.9. The van der Waals surface area contributed by atoms with E-state index in [0.717, 1.165) is 5.56 Å². The van der Waals surface area contributed by atoms with Crippen molar-refractivity contribution in [1.29, 1.82) is 0 Å². The highest BCUT2D eigenvalue weighted by atomic mass is 79.9. The zero-order chi connectivity index (χ0) is 10.6. The van der Waals surface area contributed by atoms with Crippen molar-refractivity contribution in [3.63, 3.8) is 0 Å². The zero-order valence-electron chi connectivity index (χ0n) is 7.76. The monoisotopic (exact) mass is 262 g/mol. The molecule has 0 heterocycles. The lowest BCUT2D eigenvalue weighted by molar-refractivity contribution is 0.167. The number of hydrazine groups is 1. The van der Waals surface area contributed by atoms with Crippen molar-refractivity contribution in [2.45, 2.75) is 6.04 Å². The lowest BCUT2D eigenvalue weighted by Gasteiger charge is -2.15. The van der Waals surface area contributed by atoms with Crippen LogP contribution < -0.4 is 11.3 Å². The molecule has 5 heteroatoms. The van der Waals surface area contributed by atoms with Gasteiger partial charge in [0.2, 0.25) is 0 Å². The third-order valence-corrected chi connectivity index (χ3v) is 2.52. The molecule has 0 spiro atoms. The number of rotatable bonds is 4. The molecule has 0 bridgehead atoms. The Hall–Kier alpha value is -0.490. The number of nitrogens with one attached hydrogen (secondary N) is 1. The molecular weight excluding hydrogens is 251 g/mol. The van der Waals surface area contributed by atoms with Gasteiger partial charge in [-0.3, -0.25) is 11.3 Å². The Labute approximate surface area is 90.5 Å². The average Bonchev–Trinajstić information content (AvgIpc) is 2.19. The molecule has 0 fully saturated rings. The van der Waals surface area contributed by atoms with Crippen molar-refractivity contribution in [2.75, 3.05) is 13.7 Å². The summed E-state index contributed by atoms with van der Waals surface area (Å²) in [6.07, 6.45) is 0. The van der Waals surface area contributed by atoms with Gasteiger partial charge in [-0.25, -0.2) is 4.39 Å². The predicted molar refractivity (Wildman–Crippen MR) is 56.0 cm³/mol. The Balaban J connectivity index is 2.88. The number of halogens is 2. The Morgan fingerprint density at radius 1 is 1.64 bits per heavy atom. The maximum atomic E-state index is 13.2. The van der Waals surface area contributed by atoms with Crippen LogP contribution in [0.3, 0.4) is 0 Å². The second-order valence-electron chi connectivity index (χ2n) is 2.85. The van der Waals surface area contributed by atoms with Crippen molar-refractivity contribution < 1.29 is 9.13 Å². The van der Waals surface area contributed by atoms with Crippen LogP contribution in [-0.4, -0.2) is 13.7 Å². The molecular formula is C9H12BrFN2O. The van der Waals surface area contributed by atoms with E-state index >= 15 is 0 Å². The van der Waals surface area contributed by atoms with E-state index in [1.54, 1.807) is 19.2 Å². The summed E-state index contributed by atoms with van der Waals surface area (Å²) < 4.78 is 18.5. The Bertz CT molecular complexity index is 309. The minimum absolute atomic E-state index is 0.192. The largest absolute Gasteiger partial charge is 0.383 e. The summed E-state index contributed by atoms with van der Waals surface area (Å²) in [5, 5.41) is 0. The lowest BCUT2D eigenvalue weighted by Crippen LogP contribution is -2.31. The molecule has 0 aliphatic rings. The Kier molecular flexibility index (Phi) is 4.47. The van der Waals surface area contributed by atoms with Crippen molar-refractivity contribution in [1.82, 2.24) is 5.43 Å². The number of methoxy groups -OCH3 is 1. The van der Waals surface area contributed by atoms with E-state index < -0.39 is 0 Å². The first-order valence-electron chi connectivity index (χ1n) is 4.09. The number of ether oxygens (including phenoxy) is 1. The molecule has 1 unspecified atom stereocenters. The molecule has 1 atom stereocenters. The minimum Gasteiger partial charge on any atom is -0.383 e. The van der Waals surface area contributed by atoms with Crippen LogP contribution in [0.15, 0.2) is 22.7 Å². The van der Waals surface area contributed by atoms with Gasteiger partial charge in [-0.2, -0.15) is 0 Å². The summed E-state index contributed by atoms with van der Waals surface area (Å²) in [7, 11) is 1.57. The molecule has 3 N–H and O–H groups in total. The van der Waals surface area contributed by atoms with Gasteiger partial charge >= 0.3 is 0 Å². The van der Waals surface area contributed by atoms with E-state index in [4.69, 9.17) is 10.6 Å². The van der Waals surface area contributed by atoms with E-state index in [-0.39, 0.29) is 11.9 Å². The summed E-state index contributed by atoms with van der Waals surface area (Å²) in [5.41, 5.74) is 3.32. The molecule has 14 heavy (non-hydrogen) atoms. The third kappa shape index (κ3) is 2.75. The zero-order valence-corrected chi connectivity index (χ0v) is 9.34. The smallest absolute Gasteiger partial charge is 0.137 e. The Morgan fingerprint density at radius 2 is 2.36 bits per heavy atom. The maximum absolute atomic E-state index is 13.2. The fourth-order valence-electron chi connectivity index (χ4n) is 1.14. The van der Waals surface area contributed by atoms with Gasteiger partial charge in [-0.1, -0.05) is 6.07 Å². The van der Waals surface area contributed by atoms with Gasteiger partial charge in [-0.15, -0.1) is 0 Å². The summed E-state index contributed by atoms with van der Waals surface area (Å²) >= 11 is 3.08. The molecule has 0 amide bonds. The first-order chi connectivity index (χ1) is 6.69. The van der Waals surface area contributed by atoms with Crippen molar-refractivity contribution in [3.05, 3.63) is 34.1 Å². The van der Waals surface area contributed by atoms with Crippen molar-refractivity contribution >= 4 is 15.9 Å². The molecule has 1 rings (SSSR count). The van der Waals surface area contributed by atoms with Crippen molar-refractivity contribution in [3.8, 4) is 0 Å². The van der Waals surface area contributed by atoms with Crippen LogP contribution in [0.2, 0.25) is 0 Å². The molecule has 0 saturated heterocycles. The van der Waals surface area contributed by atoms with E-state index in [1.165, 1.54) is 6.07 Å². The lowest BCUT2D eigenvalue weighted by atomic mass is 10.1. The third-order valence-electron chi connectivity index (χ3n) is 1.88. The molecule has 78 valence electrons. The highest BCUT2D eigenvalue weighted by Gasteiger charge is 2.10. The number of nitrogens with two attached hydrogens (primary N) is 1. The highest BCUT2D eigenvalue weighted by molar-refractivity contribution is 9.10. The fraction of sp³-hybridized carbons (Fsp3) is 0.333. The van der Waals surface area contributed by atoms with Gasteiger partial charge < -0.3 is 4.74 Å². The van der Waals surface area contributed by atoms with Gasteiger partial charge in [0.25, 0.3) is 0 Å². The van der Waals surface area contributed by atoms with Gasteiger partial charge in [-0.05, 0) is 33.6 Å². The summed E-state index contributed by atoms with van der Waals surface area (Å²) in [5.74, 6) is 5.01. The SMILES string of the molecule is COCC(NN)c1ccc(Br)c(F)c1. The van der Waals surface area contributed by atoms with E-state index in [1.807, 2.05) is 0 Å². The van der Waals surface area contributed by atoms with Crippen LogP contribution in [0.25, 0.3) is 0 Å². The molecule has 0 saturated carbocycles. The number of hydrogen-bond acceptors (Lipinski definition) is 3. The summed E-state index contributed by atoms with van der Waals surface area (Å²) in [4.78, 5) is 0. The standard InChI is InChI=1S/C9H12BrFN2O/c1-14-5-9(13-12)6-2-3-7(10)8(11)4-6/h2-4,9,13H,5,12H2,1H3. The first kappa shape index (κ1) is 11.6. The van der Waals surface area contributed by atoms with Crippen LogP contribution in [-0.2, 0) is 4.74 Å². The average molecular weight is 263 g/mol. The van der Waals surface area contributed by atoms with E-state index in [9.17, 15) is 4.39 Å². The molecule has 0 aliphatic heterocycles. The van der Waals surface area contributed by atoms with Crippen LogP contribution in [0.4, 0.5) is 4.39 Å². The minimum atomic E-state index is -0.307. The maximum Gasteiger partial charge on any atom is 0.137 e. The van der Waals surface area contributed by atoms with Crippen LogP contribution in [0.1, 0.15) is 11.6 Å².